The average Bonchev–Trinajstić information content (AvgIpc) is 2.97. The zero-order chi connectivity index (χ0) is 20.8. The van der Waals surface area contributed by atoms with Crippen molar-refractivity contribution in [3.8, 4) is 0 Å². The highest BCUT2D eigenvalue weighted by Gasteiger charge is 2.26. The fourth-order valence-electron chi connectivity index (χ4n) is 3.47. The maximum Gasteiger partial charge on any atom is 0.233 e. The summed E-state index contributed by atoms with van der Waals surface area (Å²) in [6, 6.07) is 3.65. The molecule has 0 aliphatic carbocycles. The van der Waals surface area contributed by atoms with Gasteiger partial charge in [-0.15, -0.1) is 22.0 Å². The first-order chi connectivity index (χ1) is 13.9. The topological polar surface area (TPSA) is 93.0 Å². The normalized spacial score (nSPS) is 15.0. The quantitative estimate of drug-likeness (QED) is 0.695. The van der Waals surface area contributed by atoms with E-state index < -0.39 is 0 Å². The van der Waals surface area contributed by atoms with Gasteiger partial charge < -0.3 is 14.8 Å². The summed E-state index contributed by atoms with van der Waals surface area (Å²) in [6.45, 7) is 7.64. The SMILES string of the molecule is CC(=O)NC(CC(C)C)c1nnc2n1CCN(C(=O)CSc1ccncc1)CC2. The Kier molecular flexibility index (Phi) is 7.24. The zero-order valence-electron chi connectivity index (χ0n) is 17.2. The Labute approximate surface area is 175 Å². The van der Waals surface area contributed by atoms with Crippen molar-refractivity contribution in [3.63, 3.8) is 0 Å². The summed E-state index contributed by atoms with van der Waals surface area (Å²) in [4.78, 5) is 31.3. The van der Waals surface area contributed by atoms with Crippen molar-refractivity contribution in [2.45, 2.75) is 51.1 Å². The number of pyridine rings is 1. The van der Waals surface area contributed by atoms with Crippen molar-refractivity contribution >= 4 is 23.6 Å². The van der Waals surface area contributed by atoms with E-state index in [-0.39, 0.29) is 17.9 Å². The van der Waals surface area contributed by atoms with Gasteiger partial charge in [-0.3, -0.25) is 14.6 Å². The Morgan fingerprint density at radius 2 is 1.93 bits per heavy atom. The molecule has 0 bridgehead atoms. The third-order valence-corrected chi connectivity index (χ3v) is 5.81. The maximum absolute atomic E-state index is 12.7. The number of hydrogen-bond donors (Lipinski definition) is 1. The number of rotatable bonds is 7. The number of carbonyl (C=O) groups is 2. The lowest BCUT2D eigenvalue weighted by Crippen LogP contribution is -2.35. The highest BCUT2D eigenvalue weighted by atomic mass is 32.2. The number of aromatic nitrogens is 4. The minimum Gasteiger partial charge on any atom is -0.346 e. The molecule has 0 saturated carbocycles. The van der Waals surface area contributed by atoms with Crippen molar-refractivity contribution in [1.82, 2.24) is 30.0 Å². The minimum absolute atomic E-state index is 0.0773. The molecule has 29 heavy (non-hydrogen) atoms. The van der Waals surface area contributed by atoms with Crippen molar-refractivity contribution in [2.75, 3.05) is 18.8 Å². The molecule has 9 heteroatoms. The smallest absolute Gasteiger partial charge is 0.233 e. The van der Waals surface area contributed by atoms with Gasteiger partial charge in [0.05, 0.1) is 11.8 Å². The van der Waals surface area contributed by atoms with Crippen LogP contribution in [0.15, 0.2) is 29.4 Å². The molecule has 2 amide bonds. The van der Waals surface area contributed by atoms with E-state index in [0.717, 1.165) is 23.0 Å². The van der Waals surface area contributed by atoms with Crippen molar-refractivity contribution < 1.29 is 9.59 Å². The van der Waals surface area contributed by atoms with E-state index in [2.05, 4.69) is 38.9 Å². The molecule has 156 valence electrons. The summed E-state index contributed by atoms with van der Waals surface area (Å²) in [6.07, 6.45) is 4.92. The second kappa shape index (κ2) is 9.87. The van der Waals surface area contributed by atoms with Gasteiger partial charge in [-0.2, -0.15) is 0 Å². The molecule has 8 nitrogen and oxygen atoms in total. The van der Waals surface area contributed by atoms with Crippen LogP contribution in [0.1, 0.15) is 44.9 Å². The highest BCUT2D eigenvalue weighted by molar-refractivity contribution is 8.00. The lowest BCUT2D eigenvalue weighted by atomic mass is 10.0. The first-order valence-electron chi connectivity index (χ1n) is 9.93. The predicted octanol–water partition coefficient (Wildman–Crippen LogP) is 2.07. The Morgan fingerprint density at radius 1 is 1.17 bits per heavy atom. The highest BCUT2D eigenvalue weighted by Crippen LogP contribution is 2.23. The number of thioether (sulfide) groups is 1. The van der Waals surface area contributed by atoms with Gasteiger partial charge in [-0.25, -0.2) is 0 Å². The third kappa shape index (κ3) is 5.79. The number of hydrogen-bond acceptors (Lipinski definition) is 6. The van der Waals surface area contributed by atoms with E-state index in [0.29, 0.717) is 37.7 Å². The molecule has 1 aliphatic heterocycles. The van der Waals surface area contributed by atoms with Gasteiger partial charge in [0.2, 0.25) is 11.8 Å². The molecule has 0 saturated heterocycles. The first kappa shape index (κ1) is 21.3. The van der Waals surface area contributed by atoms with Gasteiger partial charge in [0, 0.05) is 50.3 Å². The molecule has 3 heterocycles. The molecule has 1 aliphatic rings. The fourth-order valence-corrected chi connectivity index (χ4v) is 4.26. The molecular weight excluding hydrogens is 388 g/mol. The second-order valence-electron chi connectivity index (χ2n) is 7.61. The fraction of sp³-hybridized carbons (Fsp3) is 0.550. The monoisotopic (exact) mass is 416 g/mol. The molecule has 1 atom stereocenters. The van der Waals surface area contributed by atoms with Crippen LogP contribution in [-0.2, 0) is 22.6 Å². The molecule has 3 rings (SSSR count). The maximum atomic E-state index is 12.7. The van der Waals surface area contributed by atoms with Crippen LogP contribution in [0.3, 0.4) is 0 Å². The summed E-state index contributed by atoms with van der Waals surface area (Å²) in [7, 11) is 0. The molecular formula is C20H28N6O2S. The molecule has 1 unspecified atom stereocenters. The van der Waals surface area contributed by atoms with Gasteiger partial charge >= 0.3 is 0 Å². The summed E-state index contributed by atoms with van der Waals surface area (Å²) >= 11 is 1.52. The number of nitrogens with one attached hydrogen (secondary N) is 1. The minimum atomic E-state index is -0.168. The van der Waals surface area contributed by atoms with Crippen LogP contribution in [0.5, 0.6) is 0 Å². The average molecular weight is 417 g/mol. The molecule has 1 N–H and O–H groups in total. The summed E-state index contributed by atoms with van der Waals surface area (Å²) < 4.78 is 2.08. The number of fused-ring (bicyclic) bond motifs is 1. The summed E-state index contributed by atoms with van der Waals surface area (Å²) in [5.74, 6) is 2.51. The lowest BCUT2D eigenvalue weighted by molar-refractivity contribution is -0.128. The van der Waals surface area contributed by atoms with Crippen LogP contribution < -0.4 is 5.32 Å². The number of amides is 2. The van der Waals surface area contributed by atoms with Crippen LogP contribution in [-0.4, -0.2) is 55.3 Å². The van der Waals surface area contributed by atoms with Crippen molar-refractivity contribution in [3.05, 3.63) is 36.2 Å². The molecule has 0 fully saturated rings. The van der Waals surface area contributed by atoms with Crippen molar-refractivity contribution in [2.24, 2.45) is 5.92 Å². The Morgan fingerprint density at radius 3 is 2.62 bits per heavy atom. The van der Waals surface area contributed by atoms with Gasteiger partial charge in [-0.05, 0) is 24.5 Å². The Hall–Kier alpha value is -2.42. The molecule has 0 radical (unpaired) electrons. The molecule has 2 aromatic rings. The summed E-state index contributed by atoms with van der Waals surface area (Å²) in [5, 5.41) is 11.7. The molecule has 0 spiro atoms. The Balaban J connectivity index is 1.65. The van der Waals surface area contributed by atoms with E-state index in [1.807, 2.05) is 17.0 Å². The van der Waals surface area contributed by atoms with Gasteiger partial charge in [0.25, 0.3) is 0 Å². The lowest BCUT2D eigenvalue weighted by Gasteiger charge is -2.22. The van der Waals surface area contributed by atoms with Crippen LogP contribution in [0.4, 0.5) is 0 Å². The van der Waals surface area contributed by atoms with Crippen LogP contribution in [0.25, 0.3) is 0 Å². The van der Waals surface area contributed by atoms with Gasteiger partial charge in [0.15, 0.2) is 5.82 Å². The molecule has 0 aromatic carbocycles. The first-order valence-corrected chi connectivity index (χ1v) is 10.9. The van der Waals surface area contributed by atoms with E-state index in [9.17, 15) is 9.59 Å². The molecule has 2 aromatic heterocycles. The number of nitrogens with zero attached hydrogens (tertiary/aromatic N) is 5. The van der Waals surface area contributed by atoms with E-state index >= 15 is 0 Å². The predicted molar refractivity (Wildman–Crippen MR) is 111 cm³/mol. The van der Waals surface area contributed by atoms with E-state index in [4.69, 9.17) is 0 Å². The second-order valence-corrected chi connectivity index (χ2v) is 8.66. The third-order valence-electron chi connectivity index (χ3n) is 4.82. The van der Waals surface area contributed by atoms with Gasteiger partial charge in [0.1, 0.15) is 5.82 Å². The summed E-state index contributed by atoms with van der Waals surface area (Å²) in [5.41, 5.74) is 0. The van der Waals surface area contributed by atoms with E-state index in [1.54, 1.807) is 12.4 Å². The van der Waals surface area contributed by atoms with Crippen LogP contribution >= 0.6 is 11.8 Å². The van der Waals surface area contributed by atoms with Crippen molar-refractivity contribution in [1.29, 1.82) is 0 Å². The van der Waals surface area contributed by atoms with Crippen LogP contribution in [0.2, 0.25) is 0 Å². The van der Waals surface area contributed by atoms with E-state index in [1.165, 1.54) is 18.7 Å². The Bertz CT molecular complexity index is 839. The largest absolute Gasteiger partial charge is 0.346 e. The standard InChI is InChI=1S/C20H28N6O2S/c1-14(2)12-17(22-15(3)27)20-24-23-18-6-9-25(10-11-26(18)20)19(28)13-29-16-4-7-21-8-5-16/h4-5,7-8,14,17H,6,9-13H2,1-3H3,(H,22,27). The van der Waals surface area contributed by atoms with Crippen LogP contribution in [0, 0.1) is 5.92 Å². The zero-order valence-corrected chi connectivity index (χ0v) is 18.0. The van der Waals surface area contributed by atoms with Gasteiger partial charge in [-0.1, -0.05) is 13.8 Å². The number of carbonyl (C=O) groups excluding carboxylic acids is 2.